The number of rotatable bonds is 6. The SMILES string of the molecule is COc1ccc(-c2nnc([C@H](C)OC(=O)CN3C(=O)c4ccccc4C3=O)o2)cc1. The maximum atomic E-state index is 12.4. The molecule has 152 valence electrons. The molecule has 0 saturated carbocycles. The van der Waals surface area contributed by atoms with E-state index in [-0.39, 0.29) is 22.9 Å². The van der Waals surface area contributed by atoms with Crippen molar-refractivity contribution in [3.8, 4) is 17.2 Å². The van der Waals surface area contributed by atoms with E-state index >= 15 is 0 Å². The van der Waals surface area contributed by atoms with Crippen LogP contribution in [-0.4, -0.2) is 46.5 Å². The zero-order valence-corrected chi connectivity index (χ0v) is 16.2. The molecule has 2 amide bonds. The van der Waals surface area contributed by atoms with Crippen molar-refractivity contribution in [2.24, 2.45) is 0 Å². The van der Waals surface area contributed by atoms with Gasteiger partial charge in [-0.25, -0.2) is 0 Å². The van der Waals surface area contributed by atoms with E-state index in [4.69, 9.17) is 13.9 Å². The van der Waals surface area contributed by atoms with Crippen molar-refractivity contribution in [1.29, 1.82) is 0 Å². The minimum absolute atomic E-state index is 0.0940. The summed E-state index contributed by atoms with van der Waals surface area (Å²) in [6, 6.07) is 13.4. The van der Waals surface area contributed by atoms with E-state index in [0.717, 1.165) is 4.90 Å². The lowest BCUT2D eigenvalue weighted by molar-refractivity contribution is -0.149. The van der Waals surface area contributed by atoms with Gasteiger partial charge < -0.3 is 13.9 Å². The molecule has 2 aromatic carbocycles. The molecule has 0 fully saturated rings. The number of benzene rings is 2. The van der Waals surface area contributed by atoms with Gasteiger partial charge in [-0.2, -0.15) is 0 Å². The Morgan fingerprint density at radius 3 is 2.27 bits per heavy atom. The number of methoxy groups -OCH3 is 1. The summed E-state index contributed by atoms with van der Waals surface area (Å²) in [5, 5.41) is 7.87. The van der Waals surface area contributed by atoms with E-state index in [1.54, 1.807) is 62.6 Å². The third kappa shape index (κ3) is 3.52. The van der Waals surface area contributed by atoms with Gasteiger partial charge in [-0.1, -0.05) is 12.1 Å². The molecule has 0 aliphatic carbocycles. The first kappa shape index (κ1) is 19.3. The van der Waals surface area contributed by atoms with Crippen molar-refractivity contribution in [2.75, 3.05) is 13.7 Å². The van der Waals surface area contributed by atoms with Gasteiger partial charge in [0, 0.05) is 5.56 Å². The lowest BCUT2D eigenvalue weighted by atomic mass is 10.1. The fraction of sp³-hybridized carbons (Fsp3) is 0.190. The highest BCUT2D eigenvalue weighted by molar-refractivity contribution is 6.22. The number of hydrogen-bond donors (Lipinski definition) is 0. The zero-order chi connectivity index (χ0) is 21.3. The van der Waals surface area contributed by atoms with Crippen LogP contribution >= 0.6 is 0 Å². The van der Waals surface area contributed by atoms with Crippen LogP contribution in [0.5, 0.6) is 5.75 Å². The largest absolute Gasteiger partial charge is 0.497 e. The van der Waals surface area contributed by atoms with Crippen LogP contribution in [-0.2, 0) is 9.53 Å². The van der Waals surface area contributed by atoms with Gasteiger partial charge in [-0.3, -0.25) is 19.3 Å². The van der Waals surface area contributed by atoms with Gasteiger partial charge in [0.15, 0.2) is 6.10 Å². The van der Waals surface area contributed by atoms with Gasteiger partial charge in [-0.05, 0) is 43.3 Å². The summed E-state index contributed by atoms with van der Waals surface area (Å²) < 4.78 is 16.0. The van der Waals surface area contributed by atoms with E-state index in [1.165, 1.54) is 0 Å². The van der Waals surface area contributed by atoms with Crippen LogP contribution < -0.4 is 4.74 Å². The number of esters is 1. The second kappa shape index (κ2) is 7.78. The molecular formula is C21H17N3O6. The average molecular weight is 407 g/mol. The second-order valence-electron chi connectivity index (χ2n) is 6.55. The Morgan fingerprint density at radius 1 is 1.03 bits per heavy atom. The van der Waals surface area contributed by atoms with E-state index in [2.05, 4.69) is 10.2 Å². The minimum atomic E-state index is -0.854. The molecule has 1 aliphatic rings. The summed E-state index contributed by atoms with van der Waals surface area (Å²) >= 11 is 0. The highest BCUT2D eigenvalue weighted by atomic mass is 16.6. The molecule has 1 atom stereocenters. The van der Waals surface area contributed by atoms with Crippen LogP contribution in [0, 0.1) is 0 Å². The normalized spacial score (nSPS) is 13.9. The maximum Gasteiger partial charge on any atom is 0.326 e. The lowest BCUT2D eigenvalue weighted by Gasteiger charge is -2.15. The van der Waals surface area contributed by atoms with Gasteiger partial charge in [-0.15, -0.1) is 10.2 Å². The van der Waals surface area contributed by atoms with Crippen molar-refractivity contribution in [1.82, 2.24) is 15.1 Å². The summed E-state index contributed by atoms with van der Waals surface area (Å²) in [4.78, 5) is 37.9. The maximum absolute atomic E-state index is 12.4. The summed E-state index contributed by atoms with van der Waals surface area (Å²) in [7, 11) is 1.57. The number of fused-ring (bicyclic) bond motifs is 1. The molecule has 4 rings (SSSR count). The van der Waals surface area contributed by atoms with Crippen molar-refractivity contribution in [3.05, 3.63) is 65.5 Å². The van der Waals surface area contributed by atoms with Crippen molar-refractivity contribution in [3.63, 3.8) is 0 Å². The lowest BCUT2D eigenvalue weighted by Crippen LogP contribution is -2.36. The van der Waals surface area contributed by atoms with Crippen molar-refractivity contribution in [2.45, 2.75) is 13.0 Å². The summed E-state index contributed by atoms with van der Waals surface area (Å²) in [5.74, 6) is -0.776. The van der Waals surface area contributed by atoms with Crippen LogP contribution in [0.3, 0.4) is 0 Å². The van der Waals surface area contributed by atoms with E-state index in [0.29, 0.717) is 11.3 Å². The standard InChI is InChI=1S/C21H17N3O6/c1-12(18-22-23-19(30-18)13-7-9-14(28-2)10-8-13)29-17(25)11-24-20(26)15-5-3-4-6-16(15)21(24)27/h3-10,12H,11H2,1-2H3/t12-/m0/s1. The van der Waals surface area contributed by atoms with Crippen LogP contribution in [0.1, 0.15) is 39.6 Å². The molecule has 1 aliphatic heterocycles. The Kier molecular flexibility index (Phi) is 5.01. The predicted molar refractivity (Wildman–Crippen MR) is 103 cm³/mol. The topological polar surface area (TPSA) is 112 Å². The third-order valence-corrected chi connectivity index (χ3v) is 4.60. The van der Waals surface area contributed by atoms with E-state index in [1.807, 2.05) is 0 Å². The molecule has 0 spiro atoms. The van der Waals surface area contributed by atoms with E-state index < -0.39 is 30.4 Å². The van der Waals surface area contributed by atoms with Crippen LogP contribution in [0.4, 0.5) is 0 Å². The first-order valence-corrected chi connectivity index (χ1v) is 9.10. The number of nitrogens with zero attached hydrogens (tertiary/aromatic N) is 3. The predicted octanol–water partition coefficient (Wildman–Crippen LogP) is 2.65. The number of hydrogen-bond acceptors (Lipinski definition) is 8. The van der Waals surface area contributed by atoms with Crippen molar-refractivity contribution < 1.29 is 28.3 Å². The fourth-order valence-electron chi connectivity index (χ4n) is 3.05. The number of ether oxygens (including phenoxy) is 2. The molecule has 1 aromatic heterocycles. The number of amides is 2. The quantitative estimate of drug-likeness (QED) is 0.453. The first-order valence-electron chi connectivity index (χ1n) is 9.10. The van der Waals surface area contributed by atoms with Gasteiger partial charge in [0.25, 0.3) is 17.7 Å². The summed E-state index contributed by atoms with van der Waals surface area (Å²) in [5.41, 5.74) is 1.22. The summed E-state index contributed by atoms with van der Waals surface area (Å²) in [6.45, 7) is 1.06. The number of aromatic nitrogens is 2. The molecule has 2 heterocycles. The molecule has 0 radical (unpaired) electrons. The number of imide groups is 1. The second-order valence-corrected chi connectivity index (χ2v) is 6.55. The molecule has 0 N–H and O–H groups in total. The summed E-state index contributed by atoms with van der Waals surface area (Å²) in [6.07, 6.45) is -0.854. The van der Waals surface area contributed by atoms with Crippen molar-refractivity contribution >= 4 is 17.8 Å². The minimum Gasteiger partial charge on any atom is -0.497 e. The van der Waals surface area contributed by atoms with Gasteiger partial charge in [0.1, 0.15) is 12.3 Å². The molecular weight excluding hydrogens is 390 g/mol. The molecule has 0 bridgehead atoms. The Hall–Kier alpha value is -4.01. The molecule has 9 nitrogen and oxygen atoms in total. The average Bonchev–Trinajstić information content (AvgIpc) is 3.34. The highest BCUT2D eigenvalue weighted by Gasteiger charge is 2.37. The van der Waals surface area contributed by atoms with Gasteiger partial charge in [0.05, 0.1) is 18.2 Å². The fourth-order valence-corrected chi connectivity index (χ4v) is 3.05. The van der Waals surface area contributed by atoms with Crippen LogP contribution in [0.25, 0.3) is 11.5 Å². The Labute approximate surface area is 171 Å². The Morgan fingerprint density at radius 2 is 1.67 bits per heavy atom. The number of carbonyl (C=O) groups excluding carboxylic acids is 3. The number of carbonyl (C=O) groups is 3. The van der Waals surface area contributed by atoms with Gasteiger partial charge in [0.2, 0.25) is 5.89 Å². The van der Waals surface area contributed by atoms with E-state index in [9.17, 15) is 14.4 Å². The molecule has 3 aromatic rings. The van der Waals surface area contributed by atoms with Crippen LogP contribution in [0.2, 0.25) is 0 Å². The van der Waals surface area contributed by atoms with Gasteiger partial charge >= 0.3 is 5.97 Å². The highest BCUT2D eigenvalue weighted by Crippen LogP contribution is 2.25. The Bertz CT molecular complexity index is 1090. The smallest absolute Gasteiger partial charge is 0.326 e. The molecule has 30 heavy (non-hydrogen) atoms. The Balaban J connectivity index is 1.40. The third-order valence-electron chi connectivity index (χ3n) is 4.60. The molecule has 9 heteroatoms. The first-order chi connectivity index (χ1) is 14.5. The molecule has 0 unspecified atom stereocenters. The monoisotopic (exact) mass is 407 g/mol. The molecule has 0 saturated heterocycles. The van der Waals surface area contributed by atoms with Crippen LogP contribution in [0.15, 0.2) is 52.9 Å². The zero-order valence-electron chi connectivity index (χ0n) is 16.2.